The predicted molar refractivity (Wildman–Crippen MR) is 123 cm³/mol. The molecule has 0 aliphatic heterocycles. The number of nitrogens with zero attached hydrogens (tertiary/aromatic N) is 7. The number of hydrogen-bond donors (Lipinski definition) is 1. The molecule has 5 rings (SSSR count). The van der Waals surface area contributed by atoms with Crippen molar-refractivity contribution < 1.29 is 4.79 Å². The Kier molecular flexibility index (Phi) is 5.20. The highest BCUT2D eigenvalue weighted by Gasteiger charge is 2.20. The van der Waals surface area contributed by atoms with Crippen molar-refractivity contribution in [3.05, 3.63) is 88.5 Å². The number of halogens is 1. The standard InChI is InChI=1S/C22H17BrN8O/c1-14-20(27-29-31(14)19-6-2-5-18-17(19)4-3-11-24-18)21(32)26-22-25-13-30(28-22)12-15-7-9-16(23)10-8-15/h2-11,13H,12H2,1H3,(H,26,28,32). The average molecular weight is 489 g/mol. The van der Waals surface area contributed by atoms with Gasteiger partial charge in [0.1, 0.15) is 6.33 Å². The molecule has 0 aliphatic rings. The summed E-state index contributed by atoms with van der Waals surface area (Å²) in [5.74, 6) is -0.219. The zero-order valence-corrected chi connectivity index (χ0v) is 18.6. The molecule has 32 heavy (non-hydrogen) atoms. The summed E-state index contributed by atoms with van der Waals surface area (Å²) in [6.45, 7) is 2.34. The Hall–Kier alpha value is -3.92. The fourth-order valence-electron chi connectivity index (χ4n) is 3.41. The largest absolute Gasteiger partial charge is 0.288 e. The summed E-state index contributed by atoms with van der Waals surface area (Å²) in [7, 11) is 0. The molecule has 0 spiro atoms. The Balaban J connectivity index is 1.35. The molecule has 0 bridgehead atoms. The zero-order chi connectivity index (χ0) is 22.1. The van der Waals surface area contributed by atoms with Crippen LogP contribution in [0.5, 0.6) is 0 Å². The molecule has 3 aromatic heterocycles. The van der Waals surface area contributed by atoms with Gasteiger partial charge in [-0.25, -0.2) is 14.3 Å². The van der Waals surface area contributed by atoms with Crippen molar-refractivity contribution in [2.75, 3.05) is 5.32 Å². The van der Waals surface area contributed by atoms with Gasteiger partial charge in [-0.2, -0.15) is 0 Å². The van der Waals surface area contributed by atoms with Gasteiger partial charge < -0.3 is 0 Å². The maximum absolute atomic E-state index is 12.8. The number of amides is 1. The first-order valence-corrected chi connectivity index (χ1v) is 10.6. The number of rotatable bonds is 5. The minimum atomic E-state index is -0.423. The summed E-state index contributed by atoms with van der Waals surface area (Å²) in [6, 6.07) is 17.5. The Bertz CT molecular complexity index is 1420. The van der Waals surface area contributed by atoms with Crippen LogP contribution in [0, 0.1) is 6.92 Å². The van der Waals surface area contributed by atoms with Gasteiger partial charge >= 0.3 is 0 Å². The highest BCUT2D eigenvalue weighted by Crippen LogP contribution is 2.22. The van der Waals surface area contributed by atoms with Crippen molar-refractivity contribution in [3.63, 3.8) is 0 Å². The highest BCUT2D eigenvalue weighted by atomic mass is 79.9. The third-order valence-corrected chi connectivity index (χ3v) is 5.51. The van der Waals surface area contributed by atoms with Crippen LogP contribution >= 0.6 is 15.9 Å². The molecule has 5 aromatic rings. The van der Waals surface area contributed by atoms with E-state index in [0.717, 1.165) is 26.6 Å². The van der Waals surface area contributed by atoms with Gasteiger partial charge in [0.05, 0.1) is 23.4 Å². The number of fused-ring (bicyclic) bond motifs is 1. The van der Waals surface area contributed by atoms with E-state index in [2.05, 4.69) is 46.6 Å². The predicted octanol–water partition coefficient (Wildman–Crippen LogP) is 3.78. The number of carbonyl (C=O) groups excluding carboxylic acids is 1. The Morgan fingerprint density at radius 2 is 1.91 bits per heavy atom. The molecule has 1 N–H and O–H groups in total. The maximum atomic E-state index is 12.8. The number of benzene rings is 2. The fraction of sp³-hybridized carbons (Fsp3) is 0.0909. The summed E-state index contributed by atoms with van der Waals surface area (Å²) in [4.78, 5) is 21.4. The lowest BCUT2D eigenvalue weighted by atomic mass is 10.2. The summed E-state index contributed by atoms with van der Waals surface area (Å²) in [5, 5.41) is 16.2. The van der Waals surface area contributed by atoms with Crippen LogP contribution in [0.2, 0.25) is 0 Å². The molecule has 10 heteroatoms. The molecule has 2 aromatic carbocycles. The lowest BCUT2D eigenvalue weighted by Crippen LogP contribution is -2.15. The molecule has 0 saturated heterocycles. The van der Waals surface area contributed by atoms with E-state index in [1.165, 1.54) is 0 Å². The van der Waals surface area contributed by atoms with Crippen LogP contribution in [0.15, 0.2) is 71.6 Å². The smallest absolute Gasteiger partial charge is 0.280 e. The first kappa shape index (κ1) is 20.0. The van der Waals surface area contributed by atoms with Crippen molar-refractivity contribution in [2.45, 2.75) is 13.5 Å². The number of pyridine rings is 1. The molecule has 9 nitrogen and oxygen atoms in total. The van der Waals surface area contributed by atoms with Crippen LogP contribution in [-0.2, 0) is 6.54 Å². The van der Waals surface area contributed by atoms with Crippen LogP contribution in [0.25, 0.3) is 16.6 Å². The summed E-state index contributed by atoms with van der Waals surface area (Å²) >= 11 is 3.42. The first-order valence-electron chi connectivity index (χ1n) is 9.80. The summed E-state index contributed by atoms with van der Waals surface area (Å²) in [6.07, 6.45) is 3.31. The van der Waals surface area contributed by atoms with Crippen molar-refractivity contribution in [1.29, 1.82) is 0 Å². The highest BCUT2D eigenvalue weighted by molar-refractivity contribution is 9.10. The van der Waals surface area contributed by atoms with E-state index in [1.807, 2.05) is 54.6 Å². The van der Waals surface area contributed by atoms with Gasteiger partial charge in [0.2, 0.25) is 5.95 Å². The molecule has 0 saturated carbocycles. The topological polar surface area (TPSA) is 103 Å². The molecule has 1 amide bonds. The second kappa shape index (κ2) is 8.31. The molecular weight excluding hydrogens is 472 g/mol. The van der Waals surface area contributed by atoms with Crippen LogP contribution in [-0.4, -0.2) is 40.6 Å². The van der Waals surface area contributed by atoms with Crippen molar-refractivity contribution >= 4 is 38.7 Å². The molecule has 0 atom stereocenters. The number of hydrogen-bond acceptors (Lipinski definition) is 6. The molecular formula is C22H17BrN8O. The minimum Gasteiger partial charge on any atom is -0.288 e. The molecule has 158 valence electrons. The third kappa shape index (κ3) is 3.87. The van der Waals surface area contributed by atoms with Crippen molar-refractivity contribution in [2.24, 2.45) is 0 Å². The van der Waals surface area contributed by atoms with Gasteiger partial charge in [-0.15, -0.1) is 10.2 Å². The quantitative estimate of drug-likeness (QED) is 0.403. The second-order valence-electron chi connectivity index (χ2n) is 7.13. The van der Waals surface area contributed by atoms with Gasteiger partial charge in [0, 0.05) is 16.1 Å². The molecule has 0 radical (unpaired) electrons. The van der Waals surface area contributed by atoms with Gasteiger partial charge in [-0.05, 0) is 48.9 Å². The molecule has 0 unspecified atom stereocenters. The Labute approximate surface area is 191 Å². The van der Waals surface area contributed by atoms with Crippen LogP contribution in [0.4, 0.5) is 5.95 Å². The molecule has 0 fully saturated rings. The van der Waals surface area contributed by atoms with Crippen LogP contribution < -0.4 is 5.32 Å². The lowest BCUT2D eigenvalue weighted by Gasteiger charge is -2.07. The average Bonchev–Trinajstić information content (AvgIpc) is 3.41. The fourth-order valence-corrected chi connectivity index (χ4v) is 3.67. The van der Waals surface area contributed by atoms with E-state index in [4.69, 9.17) is 0 Å². The number of carbonyl (C=O) groups is 1. The second-order valence-corrected chi connectivity index (χ2v) is 8.04. The number of anilines is 1. The van der Waals surface area contributed by atoms with E-state index in [1.54, 1.807) is 28.8 Å². The number of aromatic nitrogens is 7. The Morgan fingerprint density at radius 1 is 1.06 bits per heavy atom. The lowest BCUT2D eigenvalue weighted by molar-refractivity contribution is 0.102. The van der Waals surface area contributed by atoms with Crippen molar-refractivity contribution in [1.82, 2.24) is 34.7 Å². The summed E-state index contributed by atoms with van der Waals surface area (Å²) in [5.41, 5.74) is 3.52. The van der Waals surface area contributed by atoms with E-state index < -0.39 is 5.91 Å². The van der Waals surface area contributed by atoms with Crippen LogP contribution in [0.1, 0.15) is 21.7 Å². The monoisotopic (exact) mass is 488 g/mol. The van der Waals surface area contributed by atoms with Gasteiger partial charge in [-0.1, -0.05) is 39.3 Å². The molecule has 0 aliphatic carbocycles. The summed E-state index contributed by atoms with van der Waals surface area (Å²) < 4.78 is 4.31. The van der Waals surface area contributed by atoms with E-state index in [0.29, 0.717) is 12.2 Å². The van der Waals surface area contributed by atoms with Gasteiger partial charge in [0.25, 0.3) is 5.91 Å². The Morgan fingerprint density at radius 3 is 2.75 bits per heavy atom. The first-order chi connectivity index (χ1) is 15.6. The molecule has 3 heterocycles. The minimum absolute atomic E-state index is 0.204. The zero-order valence-electron chi connectivity index (χ0n) is 17.0. The third-order valence-electron chi connectivity index (χ3n) is 4.98. The van der Waals surface area contributed by atoms with Crippen LogP contribution in [0.3, 0.4) is 0 Å². The normalized spacial score (nSPS) is 11.1. The van der Waals surface area contributed by atoms with E-state index >= 15 is 0 Å². The van der Waals surface area contributed by atoms with E-state index in [9.17, 15) is 4.79 Å². The maximum Gasteiger partial charge on any atom is 0.280 e. The van der Waals surface area contributed by atoms with Gasteiger partial charge in [0.15, 0.2) is 5.69 Å². The SMILES string of the molecule is Cc1c(C(=O)Nc2ncn(Cc3ccc(Br)cc3)n2)nnn1-c1cccc2ncccc12. The van der Waals surface area contributed by atoms with Crippen molar-refractivity contribution in [3.8, 4) is 5.69 Å². The number of nitrogens with one attached hydrogen (secondary N) is 1. The van der Waals surface area contributed by atoms with Gasteiger partial charge in [-0.3, -0.25) is 15.1 Å². The van der Waals surface area contributed by atoms with E-state index in [-0.39, 0.29) is 11.6 Å².